The number of carbonyl (C=O) groups excluding carboxylic acids is 2. The van der Waals surface area contributed by atoms with Crippen LogP contribution in [0.15, 0.2) is 54.6 Å². The molecule has 1 N–H and O–H groups in total. The van der Waals surface area contributed by atoms with Crippen LogP contribution in [-0.4, -0.2) is 33.2 Å². The van der Waals surface area contributed by atoms with Gasteiger partial charge in [-0.2, -0.15) is 5.10 Å². The van der Waals surface area contributed by atoms with Gasteiger partial charge in [0, 0.05) is 17.3 Å². The highest BCUT2D eigenvalue weighted by molar-refractivity contribution is 6.12. The van der Waals surface area contributed by atoms with Crippen LogP contribution in [0.25, 0.3) is 11.3 Å². The predicted molar refractivity (Wildman–Crippen MR) is 138 cm³/mol. The van der Waals surface area contributed by atoms with E-state index < -0.39 is 5.54 Å². The van der Waals surface area contributed by atoms with Gasteiger partial charge in [0.2, 0.25) is 5.91 Å². The molecule has 0 spiro atoms. The number of benzene rings is 2. The largest absolute Gasteiger partial charge is 0.351 e. The van der Waals surface area contributed by atoms with E-state index in [1.165, 1.54) is 12.0 Å². The normalized spacial score (nSPS) is 20.5. The van der Waals surface area contributed by atoms with Crippen molar-refractivity contribution in [3.63, 3.8) is 0 Å². The van der Waals surface area contributed by atoms with Crippen molar-refractivity contribution >= 4 is 17.5 Å². The molecule has 6 nitrogen and oxygen atoms in total. The second-order valence-electron chi connectivity index (χ2n) is 10.1. The van der Waals surface area contributed by atoms with Crippen LogP contribution in [0.1, 0.15) is 67.6 Å². The van der Waals surface area contributed by atoms with Gasteiger partial charge in [-0.25, -0.2) is 0 Å². The number of anilines is 1. The van der Waals surface area contributed by atoms with Crippen molar-refractivity contribution in [1.82, 2.24) is 15.1 Å². The number of hydrogen-bond acceptors (Lipinski definition) is 3. The van der Waals surface area contributed by atoms with Crippen LogP contribution in [0.4, 0.5) is 5.69 Å². The van der Waals surface area contributed by atoms with E-state index in [0.29, 0.717) is 12.2 Å². The minimum Gasteiger partial charge on any atom is -0.351 e. The van der Waals surface area contributed by atoms with Gasteiger partial charge >= 0.3 is 0 Å². The van der Waals surface area contributed by atoms with Gasteiger partial charge in [-0.15, -0.1) is 0 Å². The summed E-state index contributed by atoms with van der Waals surface area (Å²) in [5.41, 5.74) is 4.10. The highest BCUT2D eigenvalue weighted by atomic mass is 16.2. The maximum atomic E-state index is 14.0. The number of aromatic nitrogens is 2. The van der Waals surface area contributed by atoms with E-state index in [4.69, 9.17) is 5.10 Å². The molecule has 2 heterocycles. The molecule has 6 heteroatoms. The fourth-order valence-corrected chi connectivity index (χ4v) is 5.41. The molecule has 0 radical (unpaired) electrons. The van der Waals surface area contributed by atoms with Crippen LogP contribution in [-0.2, 0) is 17.8 Å². The van der Waals surface area contributed by atoms with Gasteiger partial charge in [-0.3, -0.25) is 19.2 Å². The van der Waals surface area contributed by atoms with E-state index in [1.807, 2.05) is 56.3 Å². The Morgan fingerprint density at radius 1 is 1.09 bits per heavy atom. The highest BCUT2D eigenvalue weighted by Gasteiger charge is 2.49. The Bertz CT molecular complexity index is 1240. The topological polar surface area (TPSA) is 67.2 Å². The lowest BCUT2D eigenvalue weighted by molar-refractivity contribution is -0.127. The summed E-state index contributed by atoms with van der Waals surface area (Å²) in [5, 5.41) is 8.07. The Hall–Kier alpha value is -3.41. The molecule has 2 amide bonds. The maximum absolute atomic E-state index is 14.0. The first kappa shape index (κ1) is 23.3. The van der Waals surface area contributed by atoms with Crippen molar-refractivity contribution in [3.05, 3.63) is 71.4 Å². The van der Waals surface area contributed by atoms with Crippen LogP contribution < -0.4 is 10.2 Å². The van der Waals surface area contributed by atoms with Crippen LogP contribution in [0.5, 0.6) is 0 Å². The molecule has 0 saturated heterocycles. The van der Waals surface area contributed by atoms with E-state index in [0.717, 1.165) is 54.6 Å². The Labute approximate surface area is 207 Å². The monoisotopic (exact) mass is 470 g/mol. The van der Waals surface area contributed by atoms with Crippen LogP contribution >= 0.6 is 0 Å². The van der Waals surface area contributed by atoms with Crippen molar-refractivity contribution in [1.29, 1.82) is 0 Å². The van der Waals surface area contributed by atoms with Crippen LogP contribution in [0, 0.1) is 6.92 Å². The van der Waals surface area contributed by atoms with Crippen LogP contribution in [0.3, 0.4) is 0 Å². The molecule has 1 aromatic heterocycles. The third kappa shape index (κ3) is 4.26. The molecule has 1 fully saturated rings. The highest BCUT2D eigenvalue weighted by Crippen LogP contribution is 2.36. The first-order valence-corrected chi connectivity index (χ1v) is 12.8. The number of carbonyl (C=O) groups is 2. The molecule has 1 saturated carbocycles. The lowest BCUT2D eigenvalue weighted by Crippen LogP contribution is -2.65. The van der Waals surface area contributed by atoms with Gasteiger partial charge in [-0.05, 0) is 56.4 Å². The first-order valence-electron chi connectivity index (χ1n) is 12.8. The molecular weight excluding hydrogens is 436 g/mol. The Morgan fingerprint density at radius 2 is 1.80 bits per heavy atom. The van der Waals surface area contributed by atoms with Crippen molar-refractivity contribution in [3.8, 4) is 11.3 Å². The number of nitrogens with one attached hydrogen (secondary N) is 1. The van der Waals surface area contributed by atoms with Gasteiger partial charge in [0.1, 0.15) is 11.2 Å². The Balaban J connectivity index is 1.55. The van der Waals surface area contributed by atoms with Crippen LogP contribution in [0.2, 0.25) is 0 Å². The van der Waals surface area contributed by atoms with Gasteiger partial charge in [0.15, 0.2) is 0 Å². The summed E-state index contributed by atoms with van der Waals surface area (Å²) in [6.45, 7) is 6.28. The molecule has 3 aromatic rings. The first-order chi connectivity index (χ1) is 16.9. The van der Waals surface area contributed by atoms with E-state index in [1.54, 1.807) is 9.58 Å². The summed E-state index contributed by atoms with van der Waals surface area (Å²) in [7, 11) is 0. The Kier molecular flexibility index (Phi) is 6.22. The standard InChI is InChI=1S/C29H34N4O2/c1-4-21-14-16-22(17-15-21)24-18-26-27(34)33(25-13-9-8-10-20(25)2)29(3,19-32(26)31-24)28(35)30-23-11-6-5-7-12-23/h8-10,13-18,23H,4-7,11-12,19H2,1-3H3,(H,30,35). The maximum Gasteiger partial charge on any atom is 0.277 e. The van der Waals surface area contributed by atoms with Crippen molar-refractivity contribution < 1.29 is 9.59 Å². The molecule has 2 aliphatic rings. The lowest BCUT2D eigenvalue weighted by Gasteiger charge is -2.44. The summed E-state index contributed by atoms with van der Waals surface area (Å²) in [5.74, 6) is -0.313. The van der Waals surface area contributed by atoms with Crippen molar-refractivity contribution in [2.75, 3.05) is 4.90 Å². The molecular formula is C29H34N4O2. The van der Waals surface area contributed by atoms with E-state index in [-0.39, 0.29) is 17.9 Å². The molecule has 1 unspecified atom stereocenters. The second kappa shape index (κ2) is 9.33. The third-order valence-electron chi connectivity index (χ3n) is 7.60. The molecule has 1 atom stereocenters. The van der Waals surface area contributed by atoms with Gasteiger partial charge in [0.25, 0.3) is 5.91 Å². The van der Waals surface area contributed by atoms with Gasteiger partial charge in [-0.1, -0.05) is 68.7 Å². The van der Waals surface area contributed by atoms with E-state index >= 15 is 0 Å². The summed E-state index contributed by atoms with van der Waals surface area (Å²) in [6.07, 6.45) is 6.43. The minimum absolute atomic E-state index is 0.115. The molecule has 1 aliphatic carbocycles. The molecule has 0 bridgehead atoms. The second-order valence-corrected chi connectivity index (χ2v) is 10.1. The average molecular weight is 471 g/mol. The van der Waals surface area contributed by atoms with E-state index in [9.17, 15) is 9.59 Å². The lowest BCUT2D eigenvalue weighted by atomic mass is 9.90. The number of aryl methyl sites for hydroxylation is 2. The zero-order valence-corrected chi connectivity index (χ0v) is 20.9. The van der Waals surface area contributed by atoms with E-state index in [2.05, 4.69) is 24.4 Å². The number of amides is 2. The number of fused-ring (bicyclic) bond motifs is 1. The van der Waals surface area contributed by atoms with Crippen molar-refractivity contribution in [2.45, 2.75) is 77.4 Å². The minimum atomic E-state index is -1.09. The molecule has 2 aromatic carbocycles. The summed E-state index contributed by atoms with van der Waals surface area (Å²) >= 11 is 0. The fourth-order valence-electron chi connectivity index (χ4n) is 5.41. The molecule has 182 valence electrons. The number of rotatable bonds is 5. The zero-order valence-electron chi connectivity index (χ0n) is 20.9. The molecule has 1 aliphatic heterocycles. The fraction of sp³-hybridized carbons (Fsp3) is 0.414. The Morgan fingerprint density at radius 3 is 2.49 bits per heavy atom. The number of hydrogen-bond donors (Lipinski definition) is 1. The number of para-hydroxylation sites is 1. The quantitative estimate of drug-likeness (QED) is 0.551. The zero-order chi connectivity index (χ0) is 24.6. The smallest absolute Gasteiger partial charge is 0.277 e. The van der Waals surface area contributed by atoms with Gasteiger partial charge < -0.3 is 5.32 Å². The predicted octanol–water partition coefficient (Wildman–Crippen LogP) is 5.29. The summed E-state index contributed by atoms with van der Waals surface area (Å²) in [6, 6.07) is 18.1. The van der Waals surface area contributed by atoms with Crippen molar-refractivity contribution in [2.24, 2.45) is 0 Å². The molecule has 5 rings (SSSR count). The van der Waals surface area contributed by atoms with Gasteiger partial charge in [0.05, 0.1) is 12.2 Å². The average Bonchev–Trinajstić information content (AvgIpc) is 3.30. The SMILES string of the molecule is CCc1ccc(-c2cc3n(n2)CC(C)(C(=O)NC2CCCCC2)N(c2ccccc2C)C3=O)cc1. The number of nitrogens with zero attached hydrogens (tertiary/aromatic N) is 3. The third-order valence-corrected chi connectivity index (χ3v) is 7.60. The summed E-state index contributed by atoms with van der Waals surface area (Å²) in [4.78, 5) is 29.5. The molecule has 35 heavy (non-hydrogen) atoms. The summed E-state index contributed by atoms with van der Waals surface area (Å²) < 4.78 is 1.72.